The molecule has 0 unspecified atom stereocenters. The molecule has 0 amide bonds. The number of esters is 3. The molecule has 0 saturated carbocycles. The normalized spacial score (nSPS) is 49.8. The highest BCUT2D eigenvalue weighted by Crippen LogP contribution is 2.39. The minimum absolute atomic E-state index is 0.782. The van der Waals surface area contributed by atoms with E-state index in [2.05, 4.69) is 0 Å². The molecule has 0 aromatic rings. The van der Waals surface area contributed by atoms with Crippen LogP contribution in [-0.4, -0.2) is 318 Å². The average Bonchev–Trinajstić information content (AvgIpc) is 3.37. The highest BCUT2D eigenvalue weighted by Gasteiger charge is 2.59. The number of aliphatic hydroxyl groups excluding tert-OH is 15. The molecule has 22 aliphatic heterocycles. The third-order valence-corrected chi connectivity index (χ3v) is 13.5. The summed E-state index contributed by atoms with van der Waals surface area (Å²) in [6.45, 7) is -2.88. The summed E-state index contributed by atoms with van der Waals surface area (Å²) in [5.41, 5.74) is 0. The van der Waals surface area contributed by atoms with Crippen LogP contribution in [0.1, 0.15) is 20.8 Å². The van der Waals surface area contributed by atoms with Crippen LogP contribution in [0, 0.1) is 0 Å². The molecule has 0 radical (unpaired) electrons. The molecule has 15 N–H and O–H groups in total. The van der Waals surface area contributed by atoms with E-state index in [1.807, 2.05) is 0 Å². The maximum Gasteiger partial charge on any atom is 0.303 e. The van der Waals surface area contributed by atoms with E-state index < -0.39 is 242 Å². The van der Waals surface area contributed by atoms with Gasteiger partial charge in [0.15, 0.2) is 43.8 Å². The van der Waals surface area contributed by atoms with Crippen molar-refractivity contribution < 1.29 is 162 Å². The summed E-state index contributed by atoms with van der Waals surface area (Å²) < 4.78 is 85.2. The molecule has 432 valence electrons. The molecule has 33 heteroatoms. The lowest BCUT2D eigenvalue weighted by molar-refractivity contribution is -0.404. The van der Waals surface area contributed by atoms with Crippen molar-refractivity contribution >= 4 is 17.9 Å². The van der Waals surface area contributed by atoms with Crippen LogP contribution in [0.5, 0.6) is 0 Å². The molecule has 0 spiro atoms. The van der Waals surface area contributed by atoms with Crippen LogP contribution in [0.15, 0.2) is 0 Å². The second kappa shape index (κ2) is 25.6. The van der Waals surface area contributed by atoms with Crippen molar-refractivity contribution in [2.24, 2.45) is 0 Å². The van der Waals surface area contributed by atoms with Gasteiger partial charge in [0.25, 0.3) is 0 Å². The van der Waals surface area contributed by atoms with E-state index in [1.165, 1.54) is 0 Å². The van der Waals surface area contributed by atoms with E-state index in [0.717, 1.165) is 20.8 Å². The van der Waals surface area contributed by atoms with Gasteiger partial charge in [-0.05, 0) is 0 Å². The minimum atomic E-state index is -2.23. The SMILES string of the molecule is CC(=O)OC[C@H]1O[C@@H]2O[C@H]3[C@H](O)[C@@H](O)[C@@H](O[C@H]4[C@H](O)[C@@H](O)[C@@H](O[C@H]5[C@H](OC(C)=O)[C@@H](O)[C@@H](O[C@H]6[C@H](O)[C@@H](O)[C@@H](O[C@H]7[C@H](O)[C@@H](O)[C@@H](O[C@H]1[C@H](O)[C@H]2O)O[C@@H]7CO)O[C@@H]6CO)O[C@@H]5COC(C)=O)O[C@@H]4CO)O[C@@H]3CO. The van der Waals surface area contributed by atoms with Crippen LogP contribution in [0.4, 0.5) is 0 Å². The smallest absolute Gasteiger partial charge is 0.303 e. The molecule has 0 aromatic carbocycles. The molecule has 33 nitrogen and oxygen atoms in total. The molecule has 22 heterocycles. The van der Waals surface area contributed by atoms with E-state index in [9.17, 15) is 91.0 Å². The second-order valence-electron chi connectivity index (χ2n) is 18.7. The maximum absolute atomic E-state index is 12.6. The molecule has 0 aromatic heterocycles. The number of rotatable bonds is 9. The van der Waals surface area contributed by atoms with Gasteiger partial charge in [-0.1, -0.05) is 0 Å². The second-order valence-corrected chi connectivity index (χ2v) is 18.7. The lowest BCUT2D eigenvalue weighted by Gasteiger charge is -2.51. The van der Waals surface area contributed by atoms with E-state index in [0.29, 0.717) is 0 Å². The first-order valence-corrected chi connectivity index (χ1v) is 23.7. The van der Waals surface area contributed by atoms with Gasteiger partial charge in [-0.3, -0.25) is 14.4 Å². The first kappa shape index (κ1) is 60.0. The van der Waals surface area contributed by atoms with Gasteiger partial charge in [0.2, 0.25) is 0 Å². The van der Waals surface area contributed by atoms with Crippen molar-refractivity contribution in [2.45, 2.75) is 205 Å². The summed E-state index contributed by atoms with van der Waals surface area (Å²) >= 11 is 0. The average molecular weight is 1100 g/mol. The summed E-state index contributed by atoms with van der Waals surface area (Å²) in [5.74, 6) is -2.88. The zero-order valence-corrected chi connectivity index (χ0v) is 40.1. The van der Waals surface area contributed by atoms with E-state index in [1.54, 1.807) is 0 Å². The van der Waals surface area contributed by atoms with Gasteiger partial charge in [-0.25, -0.2) is 0 Å². The van der Waals surface area contributed by atoms with Crippen molar-refractivity contribution in [3.05, 3.63) is 0 Å². The molecule has 22 aliphatic rings. The van der Waals surface area contributed by atoms with Crippen molar-refractivity contribution in [1.29, 1.82) is 0 Å². The van der Waals surface area contributed by atoms with Crippen LogP contribution >= 0.6 is 0 Å². The number of carbonyl (C=O) groups is 3. The molecule has 12 bridgehead atoms. The summed E-state index contributed by atoms with van der Waals surface area (Å²) in [7, 11) is 0. The van der Waals surface area contributed by atoms with E-state index in [4.69, 9.17) is 71.1 Å². The number of ether oxygens (including phenoxy) is 15. The van der Waals surface area contributed by atoms with Crippen molar-refractivity contribution in [2.75, 3.05) is 39.6 Å². The number of hydrogen-bond acceptors (Lipinski definition) is 33. The predicted octanol–water partition coefficient (Wildman–Crippen LogP) is -11.3. The van der Waals surface area contributed by atoms with Crippen molar-refractivity contribution in [3.8, 4) is 0 Å². The standard InChI is InChI=1S/C42H66O33/c1-10(47)61-8-17-34-23(54)28(59)41(68-17)72-32-14(5-44)64-37(24(55)19(32)50)71-31-15(6-45)67-40(27(58)22(31)53)75-35-18(9-62-11(2)48)69-42(29(60)36(35)63-12(3)49)73-33-16(7-46)65-38(25(56)21(33)52)70-30-13(4-43)66-39(74-34)26(57)20(30)51/h13-46,50-60H,4-9H2,1-3H3/t13-,14-,15-,16-,17-,18-,19-,20-,21-,22-,23-,24-,25-,26-,27-,28-,29-,30-,31-,32-,33-,34-,35-,36-,37-,38-,39-,40-,41-,42-/m1/s1. The van der Waals surface area contributed by atoms with Gasteiger partial charge in [-0.15, -0.1) is 0 Å². The monoisotopic (exact) mass is 1100 g/mol. The van der Waals surface area contributed by atoms with Crippen LogP contribution in [0.25, 0.3) is 0 Å². The van der Waals surface area contributed by atoms with Crippen molar-refractivity contribution in [1.82, 2.24) is 0 Å². The Balaban J connectivity index is 1.25. The summed E-state index contributed by atoms with van der Waals surface area (Å²) in [5, 5.41) is 168. The van der Waals surface area contributed by atoms with Gasteiger partial charge >= 0.3 is 17.9 Å². The Hall–Kier alpha value is -2.67. The Kier molecular flexibility index (Phi) is 20.5. The quantitative estimate of drug-likeness (QED) is 0.0753. The number of carbonyl (C=O) groups excluding carboxylic acids is 3. The maximum atomic E-state index is 12.6. The minimum Gasteiger partial charge on any atom is -0.463 e. The van der Waals surface area contributed by atoms with Gasteiger partial charge in [0, 0.05) is 20.8 Å². The molecule has 22 rings (SSSR count). The zero-order valence-electron chi connectivity index (χ0n) is 40.1. The van der Waals surface area contributed by atoms with Gasteiger partial charge in [0.05, 0.1) is 26.4 Å². The van der Waals surface area contributed by atoms with Crippen LogP contribution < -0.4 is 0 Å². The van der Waals surface area contributed by atoms with E-state index in [-0.39, 0.29) is 0 Å². The van der Waals surface area contributed by atoms with E-state index >= 15 is 0 Å². The lowest BCUT2D eigenvalue weighted by atomic mass is 9.94. The van der Waals surface area contributed by atoms with Gasteiger partial charge in [-0.2, -0.15) is 0 Å². The first-order valence-electron chi connectivity index (χ1n) is 23.7. The summed E-state index contributed by atoms with van der Waals surface area (Å²) in [6.07, 6.45) is -60.2. The Bertz CT molecular complexity index is 1860. The highest BCUT2D eigenvalue weighted by molar-refractivity contribution is 5.66. The van der Waals surface area contributed by atoms with Gasteiger partial charge in [0.1, 0.15) is 154 Å². The molecular weight excluding hydrogens is 1030 g/mol. The van der Waals surface area contributed by atoms with Gasteiger partial charge < -0.3 is 148 Å². The van der Waals surface area contributed by atoms with Crippen LogP contribution in [0.3, 0.4) is 0 Å². The molecule has 0 aliphatic carbocycles. The van der Waals surface area contributed by atoms with Crippen molar-refractivity contribution in [3.63, 3.8) is 0 Å². The third-order valence-electron chi connectivity index (χ3n) is 13.5. The topological polar surface area (TPSA) is 493 Å². The zero-order chi connectivity index (χ0) is 54.9. The van der Waals surface area contributed by atoms with Crippen LogP contribution in [0.2, 0.25) is 0 Å². The predicted molar refractivity (Wildman–Crippen MR) is 224 cm³/mol. The van der Waals surface area contributed by atoms with Crippen LogP contribution in [-0.2, 0) is 85.4 Å². The number of aliphatic hydroxyl groups is 15. The molecule has 22 fully saturated rings. The molecule has 30 atom stereocenters. The fourth-order valence-electron chi connectivity index (χ4n) is 9.61. The fourth-order valence-corrected chi connectivity index (χ4v) is 9.61. The lowest BCUT2D eigenvalue weighted by Crippen LogP contribution is -2.69. The number of hydrogen-bond donors (Lipinski definition) is 15. The highest BCUT2D eigenvalue weighted by atomic mass is 16.8. The molecular formula is C42H66O33. The summed E-state index contributed by atoms with van der Waals surface area (Å²) in [6, 6.07) is 0. The Labute approximate surface area is 424 Å². The first-order chi connectivity index (χ1) is 35.5. The molecule has 22 saturated heterocycles. The Morgan fingerprint density at radius 2 is 0.533 bits per heavy atom. The summed E-state index contributed by atoms with van der Waals surface area (Å²) in [4.78, 5) is 36.6. The Morgan fingerprint density at radius 3 is 0.787 bits per heavy atom. The fraction of sp³-hybridized carbons (Fsp3) is 0.929. The molecule has 75 heavy (non-hydrogen) atoms. The Morgan fingerprint density at radius 1 is 0.307 bits per heavy atom. The largest absolute Gasteiger partial charge is 0.463 e. The third kappa shape index (κ3) is 12.9.